The number of amides is 2. The number of esters is 2. The van der Waals surface area contributed by atoms with Crippen molar-refractivity contribution < 1.29 is 28.3 Å². The first-order chi connectivity index (χ1) is 16.4. The molecule has 0 fully saturated rings. The molecule has 4 rings (SSSR count). The minimum Gasteiger partial charge on any atom is -0.464 e. The molecule has 2 amide bonds. The Labute approximate surface area is 199 Å². The van der Waals surface area contributed by atoms with E-state index in [2.05, 4.69) is 20.6 Å². The zero-order valence-electron chi connectivity index (χ0n) is 18.5. The first kappa shape index (κ1) is 23.2. The molecular formula is C23H22N4O6S. The van der Waals surface area contributed by atoms with Crippen molar-refractivity contribution in [3.63, 3.8) is 0 Å². The van der Waals surface area contributed by atoms with Crippen molar-refractivity contribution in [2.45, 2.75) is 26.3 Å². The monoisotopic (exact) mass is 482 g/mol. The number of pyridine rings is 1. The van der Waals surface area contributed by atoms with Crippen LogP contribution in [0.5, 0.6) is 0 Å². The van der Waals surface area contributed by atoms with E-state index in [1.807, 2.05) is 18.2 Å². The number of aromatic nitrogens is 2. The van der Waals surface area contributed by atoms with Crippen LogP contribution in [0.3, 0.4) is 0 Å². The second-order valence-electron chi connectivity index (χ2n) is 7.29. The molecule has 1 aliphatic rings. The minimum absolute atomic E-state index is 0.0711. The smallest absolute Gasteiger partial charge is 0.338 e. The molecule has 0 radical (unpaired) electrons. The summed E-state index contributed by atoms with van der Waals surface area (Å²) >= 11 is 1.37. The molecule has 1 atom stereocenters. The summed E-state index contributed by atoms with van der Waals surface area (Å²) in [5.41, 5.74) is 1.48. The lowest BCUT2D eigenvalue weighted by Crippen LogP contribution is -2.47. The maximum Gasteiger partial charge on any atom is 0.338 e. The first-order valence-corrected chi connectivity index (χ1v) is 11.4. The zero-order chi connectivity index (χ0) is 24.1. The number of thiazole rings is 1. The van der Waals surface area contributed by atoms with E-state index in [4.69, 9.17) is 13.9 Å². The second-order valence-corrected chi connectivity index (χ2v) is 8.15. The molecule has 0 aliphatic carbocycles. The van der Waals surface area contributed by atoms with Crippen LogP contribution < -0.4 is 10.6 Å². The van der Waals surface area contributed by atoms with Gasteiger partial charge >= 0.3 is 18.0 Å². The number of aryl methyl sites for hydroxylation is 1. The third kappa shape index (κ3) is 5.31. The van der Waals surface area contributed by atoms with Gasteiger partial charge in [-0.3, -0.25) is 9.78 Å². The minimum atomic E-state index is -0.880. The Morgan fingerprint density at radius 2 is 2.06 bits per heavy atom. The number of rotatable bonds is 8. The molecule has 0 spiro atoms. The highest BCUT2D eigenvalue weighted by atomic mass is 32.1. The fourth-order valence-corrected chi connectivity index (χ4v) is 4.15. The SMILES string of the molecule is CCOC(=O)C1=C(COC(=O)Cc2csc(-c3ccccn3)n2)NC(=O)N[C@@H]1c1ccc(C)o1. The van der Waals surface area contributed by atoms with E-state index in [0.717, 1.165) is 0 Å². The largest absolute Gasteiger partial charge is 0.464 e. The van der Waals surface area contributed by atoms with Crippen molar-refractivity contribution in [3.8, 4) is 10.7 Å². The molecule has 3 aromatic heterocycles. The summed E-state index contributed by atoms with van der Waals surface area (Å²) in [5.74, 6) is -0.234. The maximum atomic E-state index is 12.7. The number of carbonyl (C=O) groups is 3. The number of nitrogens with zero attached hydrogens (tertiary/aromatic N) is 2. The average Bonchev–Trinajstić information content (AvgIpc) is 3.47. The highest BCUT2D eigenvalue weighted by Gasteiger charge is 2.36. The van der Waals surface area contributed by atoms with E-state index in [1.54, 1.807) is 37.6 Å². The second kappa shape index (κ2) is 10.3. The van der Waals surface area contributed by atoms with E-state index >= 15 is 0 Å². The molecule has 11 heteroatoms. The van der Waals surface area contributed by atoms with Gasteiger partial charge in [0.15, 0.2) is 0 Å². The highest BCUT2D eigenvalue weighted by Crippen LogP contribution is 2.29. The van der Waals surface area contributed by atoms with Crippen molar-refractivity contribution in [3.05, 3.63) is 70.4 Å². The predicted octanol–water partition coefficient (Wildman–Crippen LogP) is 3.06. The number of carbonyl (C=O) groups excluding carboxylic acids is 3. The van der Waals surface area contributed by atoms with Crippen LogP contribution in [0.15, 0.2) is 57.6 Å². The third-order valence-corrected chi connectivity index (χ3v) is 5.75. The number of ether oxygens (including phenoxy) is 2. The Bertz CT molecular complexity index is 1230. The summed E-state index contributed by atoms with van der Waals surface area (Å²) in [6.45, 7) is 3.23. The van der Waals surface area contributed by atoms with Gasteiger partial charge in [-0.2, -0.15) is 0 Å². The van der Waals surface area contributed by atoms with E-state index < -0.39 is 24.0 Å². The number of furan rings is 1. The lowest BCUT2D eigenvalue weighted by Gasteiger charge is -2.27. The predicted molar refractivity (Wildman–Crippen MR) is 122 cm³/mol. The number of urea groups is 1. The van der Waals surface area contributed by atoms with Gasteiger partial charge < -0.3 is 24.5 Å². The van der Waals surface area contributed by atoms with E-state index in [9.17, 15) is 14.4 Å². The molecule has 34 heavy (non-hydrogen) atoms. The molecule has 0 bridgehead atoms. The molecule has 4 heterocycles. The van der Waals surface area contributed by atoms with Crippen LogP contribution in [0.25, 0.3) is 10.7 Å². The van der Waals surface area contributed by atoms with Crippen LogP contribution in [-0.4, -0.2) is 41.2 Å². The van der Waals surface area contributed by atoms with Crippen molar-refractivity contribution in [2.75, 3.05) is 13.2 Å². The van der Waals surface area contributed by atoms with E-state index in [1.165, 1.54) is 11.3 Å². The standard InChI is InChI=1S/C23H22N4O6S/c1-3-31-22(29)19-16(26-23(30)27-20(19)17-8-7-13(2)33-17)11-32-18(28)10-14-12-34-21(25-14)15-6-4-5-9-24-15/h4-9,12,20H,3,10-11H2,1-2H3,(H2,26,27,30)/t20-/m1/s1. The molecule has 1 aliphatic heterocycles. The highest BCUT2D eigenvalue weighted by molar-refractivity contribution is 7.13. The summed E-state index contributed by atoms with van der Waals surface area (Å²) in [7, 11) is 0. The molecule has 0 saturated heterocycles. The number of nitrogens with one attached hydrogen (secondary N) is 2. The van der Waals surface area contributed by atoms with Crippen LogP contribution in [0, 0.1) is 6.92 Å². The maximum absolute atomic E-state index is 12.7. The van der Waals surface area contributed by atoms with Crippen molar-refractivity contribution in [1.29, 1.82) is 0 Å². The van der Waals surface area contributed by atoms with E-state index in [-0.39, 0.29) is 30.9 Å². The Balaban J connectivity index is 1.49. The fraction of sp³-hybridized carbons (Fsp3) is 0.261. The Kier molecular flexibility index (Phi) is 7.02. The molecule has 176 valence electrons. The molecule has 0 unspecified atom stereocenters. The summed E-state index contributed by atoms with van der Waals surface area (Å²) < 4.78 is 16.2. The summed E-state index contributed by atoms with van der Waals surface area (Å²) in [4.78, 5) is 46.1. The van der Waals surface area contributed by atoms with Crippen molar-refractivity contribution in [1.82, 2.24) is 20.6 Å². The van der Waals surface area contributed by atoms with Gasteiger partial charge in [0, 0.05) is 11.6 Å². The molecule has 0 aromatic carbocycles. The van der Waals surface area contributed by atoms with Crippen LogP contribution in [-0.2, 0) is 25.5 Å². The van der Waals surface area contributed by atoms with Gasteiger partial charge in [0.05, 0.1) is 35.7 Å². The molecular weight excluding hydrogens is 460 g/mol. The third-order valence-electron chi connectivity index (χ3n) is 4.83. The van der Waals surface area contributed by atoms with Crippen LogP contribution in [0.1, 0.15) is 30.2 Å². The van der Waals surface area contributed by atoms with Gasteiger partial charge in [0.2, 0.25) is 0 Å². The topological polar surface area (TPSA) is 133 Å². The molecule has 3 aromatic rings. The Morgan fingerprint density at radius 3 is 2.76 bits per heavy atom. The van der Waals surface area contributed by atoms with E-state index in [0.29, 0.717) is 27.9 Å². The normalized spacial score (nSPS) is 15.5. The van der Waals surface area contributed by atoms with Crippen LogP contribution in [0.4, 0.5) is 4.79 Å². The number of hydrogen-bond acceptors (Lipinski definition) is 9. The van der Waals surface area contributed by atoms with Gasteiger partial charge in [0.25, 0.3) is 0 Å². The summed E-state index contributed by atoms with van der Waals surface area (Å²) in [5, 5.41) is 7.65. The van der Waals surface area contributed by atoms with Gasteiger partial charge in [0.1, 0.15) is 29.2 Å². The fourth-order valence-electron chi connectivity index (χ4n) is 3.35. The van der Waals surface area contributed by atoms with Gasteiger partial charge in [-0.25, -0.2) is 14.6 Å². The zero-order valence-corrected chi connectivity index (χ0v) is 19.3. The summed E-state index contributed by atoms with van der Waals surface area (Å²) in [6, 6.07) is 7.45. The Hall–Kier alpha value is -3.99. The van der Waals surface area contributed by atoms with Crippen molar-refractivity contribution in [2.24, 2.45) is 0 Å². The Morgan fingerprint density at radius 1 is 1.21 bits per heavy atom. The summed E-state index contributed by atoms with van der Waals surface area (Å²) in [6.07, 6.45) is 1.60. The van der Waals surface area contributed by atoms with Crippen molar-refractivity contribution >= 4 is 29.3 Å². The molecule has 10 nitrogen and oxygen atoms in total. The van der Waals surface area contributed by atoms with Gasteiger partial charge in [-0.15, -0.1) is 11.3 Å². The average molecular weight is 483 g/mol. The quantitative estimate of drug-likeness (QED) is 0.468. The molecule has 2 N–H and O–H groups in total. The van der Waals surface area contributed by atoms with Gasteiger partial charge in [-0.05, 0) is 38.1 Å². The first-order valence-electron chi connectivity index (χ1n) is 10.5. The van der Waals surface area contributed by atoms with Gasteiger partial charge in [-0.1, -0.05) is 6.07 Å². The lowest BCUT2D eigenvalue weighted by molar-refractivity contribution is -0.143. The molecule has 0 saturated carbocycles. The van der Waals surface area contributed by atoms with Crippen LogP contribution in [0.2, 0.25) is 0 Å². The lowest BCUT2D eigenvalue weighted by atomic mass is 10.0. The van der Waals surface area contributed by atoms with Crippen LogP contribution >= 0.6 is 11.3 Å². The number of hydrogen-bond donors (Lipinski definition) is 2.